The largest absolute Gasteiger partial charge is 0.485 e. The Balaban J connectivity index is 1.28. The second-order valence-electron chi connectivity index (χ2n) is 7.39. The summed E-state index contributed by atoms with van der Waals surface area (Å²) >= 11 is 6.07. The van der Waals surface area contributed by atoms with Crippen LogP contribution in [0.4, 0.5) is 5.69 Å². The molecule has 2 atom stereocenters. The monoisotopic (exact) mass is 429 g/mol. The van der Waals surface area contributed by atoms with Crippen LogP contribution < -0.4 is 19.7 Å². The van der Waals surface area contributed by atoms with Crippen LogP contribution in [0.1, 0.15) is 6.92 Å². The second kappa shape index (κ2) is 8.83. The summed E-state index contributed by atoms with van der Waals surface area (Å²) in [4.78, 5) is 29.4. The van der Waals surface area contributed by atoms with Crippen LogP contribution in [0.15, 0.2) is 48.5 Å². The zero-order valence-electron chi connectivity index (χ0n) is 16.7. The first-order chi connectivity index (χ1) is 14.5. The molecule has 0 aromatic heterocycles. The van der Waals surface area contributed by atoms with Crippen LogP contribution in [-0.4, -0.2) is 61.6 Å². The lowest BCUT2D eigenvalue weighted by Gasteiger charge is -2.37. The molecular weight excluding hydrogens is 406 g/mol. The van der Waals surface area contributed by atoms with Gasteiger partial charge >= 0.3 is 0 Å². The highest BCUT2D eigenvalue weighted by Crippen LogP contribution is 2.30. The number of ether oxygens (including phenoxy) is 2. The molecule has 0 spiro atoms. The van der Waals surface area contributed by atoms with Crippen molar-refractivity contribution in [2.75, 3.05) is 37.7 Å². The number of nitrogens with zero attached hydrogens (tertiary/aromatic N) is 2. The predicted octanol–water partition coefficient (Wildman–Crippen LogP) is 2.33. The average molecular weight is 430 g/mol. The van der Waals surface area contributed by atoms with Gasteiger partial charge in [0.15, 0.2) is 11.5 Å². The zero-order chi connectivity index (χ0) is 21.1. The minimum Gasteiger partial charge on any atom is -0.485 e. The van der Waals surface area contributed by atoms with Crippen LogP contribution in [-0.2, 0) is 9.59 Å². The summed E-state index contributed by atoms with van der Waals surface area (Å²) < 4.78 is 11.3. The Morgan fingerprint density at radius 2 is 1.80 bits per heavy atom. The molecule has 1 saturated heterocycles. The van der Waals surface area contributed by atoms with Crippen molar-refractivity contribution >= 4 is 29.1 Å². The topological polar surface area (TPSA) is 71.1 Å². The third kappa shape index (κ3) is 4.46. The molecule has 2 aliphatic heterocycles. The number of para-hydroxylation sites is 2. The van der Waals surface area contributed by atoms with E-state index in [1.807, 2.05) is 36.4 Å². The first-order valence-electron chi connectivity index (χ1n) is 9.99. The molecule has 0 saturated carbocycles. The number of anilines is 1. The van der Waals surface area contributed by atoms with Gasteiger partial charge in [-0.15, -0.1) is 0 Å². The van der Waals surface area contributed by atoms with Crippen molar-refractivity contribution in [3.63, 3.8) is 0 Å². The van der Waals surface area contributed by atoms with E-state index < -0.39 is 12.1 Å². The Morgan fingerprint density at radius 1 is 1.07 bits per heavy atom. The zero-order valence-corrected chi connectivity index (χ0v) is 17.5. The average Bonchev–Trinajstić information content (AvgIpc) is 2.78. The van der Waals surface area contributed by atoms with E-state index >= 15 is 0 Å². The molecule has 2 aromatic carbocycles. The van der Waals surface area contributed by atoms with Gasteiger partial charge in [-0.3, -0.25) is 9.59 Å². The third-order valence-electron chi connectivity index (χ3n) is 5.29. The summed E-state index contributed by atoms with van der Waals surface area (Å²) in [5.41, 5.74) is 1.05. The van der Waals surface area contributed by atoms with E-state index in [0.717, 1.165) is 5.69 Å². The first-order valence-corrected chi connectivity index (χ1v) is 10.4. The van der Waals surface area contributed by atoms with Crippen LogP contribution in [0.3, 0.4) is 0 Å². The number of carbonyl (C=O) groups is 2. The Bertz CT molecular complexity index is 930. The summed E-state index contributed by atoms with van der Waals surface area (Å²) in [5, 5.41) is 3.46. The first kappa shape index (κ1) is 20.3. The molecule has 0 aliphatic carbocycles. The molecule has 158 valence electrons. The number of fused-ring (bicyclic) bond motifs is 1. The molecule has 2 amide bonds. The third-order valence-corrected chi connectivity index (χ3v) is 5.53. The minimum atomic E-state index is -0.783. The highest BCUT2D eigenvalue weighted by molar-refractivity contribution is 6.30. The molecule has 2 aliphatic rings. The van der Waals surface area contributed by atoms with Crippen molar-refractivity contribution < 1.29 is 19.1 Å². The van der Waals surface area contributed by atoms with E-state index in [9.17, 15) is 9.59 Å². The van der Waals surface area contributed by atoms with Gasteiger partial charge in [-0.25, -0.2) is 0 Å². The molecule has 7 nitrogen and oxygen atoms in total. The lowest BCUT2D eigenvalue weighted by atomic mass is 10.2. The number of hydrogen-bond donors (Lipinski definition) is 1. The van der Waals surface area contributed by atoms with Crippen LogP contribution in [0.5, 0.6) is 11.5 Å². The van der Waals surface area contributed by atoms with Gasteiger partial charge in [0.25, 0.3) is 5.91 Å². The Hall–Kier alpha value is -2.93. The summed E-state index contributed by atoms with van der Waals surface area (Å²) in [6.07, 6.45) is -0.783. The highest BCUT2D eigenvalue weighted by atomic mass is 35.5. The van der Waals surface area contributed by atoms with Gasteiger partial charge in [0.2, 0.25) is 12.0 Å². The van der Waals surface area contributed by atoms with Crippen molar-refractivity contribution in [1.82, 2.24) is 10.2 Å². The maximum Gasteiger partial charge on any atom is 0.265 e. The standard InChI is InChI=1S/C22H24ClN3O4/c1-15(24-21(27)20-14-29-18-7-2-3-8-19(18)30-20)22(28)26-11-9-25(10-12-26)17-6-4-5-16(23)13-17/h2-8,13,15,20H,9-12,14H2,1H3,(H,24,27)/t15-,20+/m1/s1. The fourth-order valence-electron chi connectivity index (χ4n) is 3.65. The van der Waals surface area contributed by atoms with Crippen molar-refractivity contribution in [2.45, 2.75) is 19.1 Å². The Labute approximate surface area is 180 Å². The van der Waals surface area contributed by atoms with Crippen molar-refractivity contribution in [3.8, 4) is 11.5 Å². The molecule has 0 bridgehead atoms. The lowest BCUT2D eigenvalue weighted by Crippen LogP contribution is -2.56. The molecule has 1 fully saturated rings. The van der Waals surface area contributed by atoms with E-state index in [-0.39, 0.29) is 18.4 Å². The number of halogens is 1. The van der Waals surface area contributed by atoms with Gasteiger partial charge in [-0.1, -0.05) is 29.8 Å². The van der Waals surface area contributed by atoms with Crippen LogP contribution in [0, 0.1) is 0 Å². The highest BCUT2D eigenvalue weighted by Gasteiger charge is 2.31. The molecule has 8 heteroatoms. The Morgan fingerprint density at radius 3 is 2.53 bits per heavy atom. The number of piperazine rings is 1. The molecular formula is C22H24ClN3O4. The minimum absolute atomic E-state index is 0.105. The van der Waals surface area contributed by atoms with E-state index in [1.54, 1.807) is 24.0 Å². The fraction of sp³-hybridized carbons (Fsp3) is 0.364. The number of nitrogens with one attached hydrogen (secondary N) is 1. The number of carbonyl (C=O) groups excluding carboxylic acids is 2. The molecule has 4 rings (SSSR count). The quantitative estimate of drug-likeness (QED) is 0.807. The van der Waals surface area contributed by atoms with Crippen molar-refractivity contribution in [3.05, 3.63) is 53.6 Å². The number of amides is 2. The lowest BCUT2D eigenvalue weighted by molar-refractivity contribution is -0.139. The van der Waals surface area contributed by atoms with Crippen molar-refractivity contribution in [1.29, 1.82) is 0 Å². The molecule has 30 heavy (non-hydrogen) atoms. The maximum absolute atomic E-state index is 12.8. The molecule has 2 aromatic rings. The number of hydrogen-bond acceptors (Lipinski definition) is 5. The predicted molar refractivity (Wildman–Crippen MR) is 114 cm³/mol. The summed E-state index contributed by atoms with van der Waals surface area (Å²) in [7, 11) is 0. The number of benzene rings is 2. The number of rotatable bonds is 4. The van der Waals surface area contributed by atoms with Crippen molar-refractivity contribution in [2.24, 2.45) is 0 Å². The fourth-order valence-corrected chi connectivity index (χ4v) is 3.83. The van der Waals surface area contributed by atoms with E-state index in [0.29, 0.717) is 42.7 Å². The second-order valence-corrected chi connectivity index (χ2v) is 7.82. The van der Waals surface area contributed by atoms with Gasteiger partial charge in [0.05, 0.1) is 0 Å². The molecule has 0 unspecified atom stereocenters. The van der Waals surface area contributed by atoms with E-state index in [2.05, 4.69) is 10.2 Å². The smallest absolute Gasteiger partial charge is 0.265 e. The van der Waals surface area contributed by atoms with E-state index in [4.69, 9.17) is 21.1 Å². The molecule has 0 radical (unpaired) electrons. The van der Waals surface area contributed by atoms with Gasteiger partial charge in [0, 0.05) is 36.9 Å². The van der Waals surface area contributed by atoms with Gasteiger partial charge in [-0.2, -0.15) is 0 Å². The van der Waals surface area contributed by atoms with Crippen LogP contribution in [0.25, 0.3) is 0 Å². The SMILES string of the molecule is C[C@@H](NC(=O)[C@@H]1COc2ccccc2O1)C(=O)N1CCN(c2cccc(Cl)c2)CC1. The van der Waals surface area contributed by atoms with Gasteiger partial charge in [-0.05, 0) is 37.3 Å². The Kier molecular flexibility index (Phi) is 5.99. The van der Waals surface area contributed by atoms with E-state index in [1.165, 1.54) is 0 Å². The molecule has 2 heterocycles. The maximum atomic E-state index is 12.8. The van der Waals surface area contributed by atoms with Crippen LogP contribution >= 0.6 is 11.6 Å². The van der Waals surface area contributed by atoms with Crippen LogP contribution in [0.2, 0.25) is 5.02 Å². The van der Waals surface area contributed by atoms with Gasteiger partial charge in [0.1, 0.15) is 12.6 Å². The molecule has 1 N–H and O–H groups in total. The summed E-state index contributed by atoms with van der Waals surface area (Å²) in [6, 6.07) is 14.3. The summed E-state index contributed by atoms with van der Waals surface area (Å²) in [6.45, 7) is 4.40. The normalized spacial score (nSPS) is 19.2. The van der Waals surface area contributed by atoms with Gasteiger partial charge < -0.3 is 24.6 Å². The summed E-state index contributed by atoms with van der Waals surface area (Å²) in [5.74, 6) is 0.678.